The Hall–Kier alpha value is -1.27. The minimum absolute atomic E-state index is 0.0374. The van der Waals surface area contributed by atoms with Crippen molar-refractivity contribution < 1.29 is 4.39 Å². The topological polar surface area (TPSA) is 34.9 Å². The third-order valence-corrected chi connectivity index (χ3v) is 5.76. The van der Waals surface area contributed by atoms with E-state index in [1.807, 2.05) is 0 Å². The molecule has 0 radical (unpaired) electrons. The molecular formula is C16H17FN2OS2. The molecule has 0 spiro atoms. The van der Waals surface area contributed by atoms with Gasteiger partial charge in [-0.05, 0) is 30.7 Å². The lowest BCUT2D eigenvalue weighted by atomic mass is 10.2. The van der Waals surface area contributed by atoms with Gasteiger partial charge in [-0.15, -0.1) is 11.8 Å². The van der Waals surface area contributed by atoms with Crippen LogP contribution in [0.1, 0.15) is 26.0 Å². The molecule has 0 fully saturated rings. The Balaban J connectivity index is 2.16. The quantitative estimate of drug-likeness (QED) is 0.626. The molecule has 3 rings (SSSR count). The van der Waals surface area contributed by atoms with Crippen LogP contribution < -0.4 is 5.56 Å². The van der Waals surface area contributed by atoms with Gasteiger partial charge in [-0.2, -0.15) is 0 Å². The molecule has 3 nitrogen and oxygen atoms in total. The van der Waals surface area contributed by atoms with Gasteiger partial charge < -0.3 is 0 Å². The van der Waals surface area contributed by atoms with Crippen LogP contribution in [0.15, 0.2) is 39.1 Å². The predicted molar refractivity (Wildman–Crippen MR) is 89.8 cm³/mol. The minimum atomic E-state index is -0.309. The van der Waals surface area contributed by atoms with Crippen LogP contribution in [0, 0.1) is 5.82 Å². The number of aromatic nitrogens is 2. The second kappa shape index (κ2) is 6.46. The maximum atomic E-state index is 13.2. The highest BCUT2D eigenvalue weighted by atomic mass is 32.2. The monoisotopic (exact) mass is 336 g/mol. The molecule has 1 aliphatic rings. The van der Waals surface area contributed by atoms with Crippen molar-refractivity contribution in [1.82, 2.24) is 9.55 Å². The molecule has 2 aromatic rings. The molecule has 1 atom stereocenters. The van der Waals surface area contributed by atoms with Crippen LogP contribution in [0.4, 0.5) is 4.39 Å². The summed E-state index contributed by atoms with van der Waals surface area (Å²) < 4.78 is 14.8. The van der Waals surface area contributed by atoms with Crippen molar-refractivity contribution in [3.05, 3.63) is 46.1 Å². The smallest absolute Gasteiger partial charge is 0.268 e. The third kappa shape index (κ3) is 2.94. The average molecular weight is 336 g/mol. The highest BCUT2D eigenvalue weighted by Crippen LogP contribution is 2.34. The predicted octanol–water partition coefficient (Wildman–Crippen LogP) is 3.91. The van der Waals surface area contributed by atoms with E-state index in [9.17, 15) is 9.18 Å². The summed E-state index contributed by atoms with van der Waals surface area (Å²) in [6.45, 7) is 4.20. The number of benzene rings is 1. The van der Waals surface area contributed by atoms with Gasteiger partial charge in [0, 0.05) is 17.4 Å². The fraction of sp³-hybridized carbons (Fsp3) is 0.375. The van der Waals surface area contributed by atoms with Crippen molar-refractivity contribution in [3.8, 4) is 5.69 Å². The molecule has 0 amide bonds. The zero-order valence-electron chi connectivity index (χ0n) is 12.5. The SMILES string of the molecule is CCCSc1nc2c(c(=O)n1-c1ccc(F)cc1)S[C@@H](C)C2. The summed E-state index contributed by atoms with van der Waals surface area (Å²) in [5, 5.41) is 1.08. The van der Waals surface area contributed by atoms with Gasteiger partial charge in [-0.1, -0.05) is 25.6 Å². The molecule has 116 valence electrons. The number of halogens is 1. The van der Waals surface area contributed by atoms with Crippen LogP contribution in [0.5, 0.6) is 0 Å². The van der Waals surface area contributed by atoms with E-state index in [-0.39, 0.29) is 11.4 Å². The normalized spacial score (nSPS) is 16.8. The number of hydrogen-bond donors (Lipinski definition) is 0. The first-order chi connectivity index (χ1) is 10.6. The molecule has 0 bridgehead atoms. The lowest BCUT2D eigenvalue weighted by molar-refractivity contribution is 0.626. The second-order valence-electron chi connectivity index (χ2n) is 5.27. The van der Waals surface area contributed by atoms with E-state index in [0.29, 0.717) is 16.1 Å². The van der Waals surface area contributed by atoms with Crippen LogP contribution >= 0.6 is 23.5 Å². The van der Waals surface area contributed by atoms with E-state index >= 15 is 0 Å². The van der Waals surface area contributed by atoms with E-state index in [0.717, 1.165) is 29.2 Å². The summed E-state index contributed by atoms with van der Waals surface area (Å²) in [5.74, 6) is 0.589. The number of rotatable bonds is 4. The maximum absolute atomic E-state index is 13.2. The van der Waals surface area contributed by atoms with Crippen LogP contribution in [-0.2, 0) is 6.42 Å². The number of fused-ring (bicyclic) bond motifs is 1. The molecule has 6 heteroatoms. The molecule has 0 saturated heterocycles. The zero-order chi connectivity index (χ0) is 15.7. The lowest BCUT2D eigenvalue weighted by Crippen LogP contribution is -2.23. The first-order valence-electron chi connectivity index (χ1n) is 7.31. The largest absolute Gasteiger partial charge is 0.272 e. The molecule has 1 aromatic heterocycles. The van der Waals surface area contributed by atoms with Gasteiger partial charge in [0.25, 0.3) is 5.56 Å². The molecule has 2 heterocycles. The summed E-state index contributed by atoms with van der Waals surface area (Å²) >= 11 is 3.16. The Morgan fingerprint density at radius 1 is 1.41 bits per heavy atom. The molecule has 22 heavy (non-hydrogen) atoms. The Kier molecular flexibility index (Phi) is 4.59. The van der Waals surface area contributed by atoms with Crippen LogP contribution in [-0.4, -0.2) is 20.6 Å². The van der Waals surface area contributed by atoms with E-state index in [1.165, 1.54) is 12.1 Å². The van der Waals surface area contributed by atoms with Crippen molar-refractivity contribution in [3.63, 3.8) is 0 Å². The summed E-state index contributed by atoms with van der Waals surface area (Å²) in [6, 6.07) is 6.01. The average Bonchev–Trinajstić information content (AvgIpc) is 2.87. The maximum Gasteiger partial charge on any atom is 0.272 e. The number of hydrogen-bond acceptors (Lipinski definition) is 4. The van der Waals surface area contributed by atoms with Crippen molar-refractivity contribution in [2.24, 2.45) is 0 Å². The van der Waals surface area contributed by atoms with Gasteiger partial charge >= 0.3 is 0 Å². The van der Waals surface area contributed by atoms with Crippen LogP contribution in [0.3, 0.4) is 0 Å². The number of thioether (sulfide) groups is 2. The summed E-state index contributed by atoms with van der Waals surface area (Å²) in [4.78, 5) is 18.3. The van der Waals surface area contributed by atoms with Gasteiger partial charge in [0.05, 0.1) is 16.3 Å². The van der Waals surface area contributed by atoms with Crippen molar-refractivity contribution in [2.45, 2.75) is 42.0 Å². The zero-order valence-corrected chi connectivity index (χ0v) is 14.1. The fourth-order valence-electron chi connectivity index (χ4n) is 2.41. The Morgan fingerprint density at radius 2 is 2.14 bits per heavy atom. The molecule has 0 aliphatic carbocycles. The van der Waals surface area contributed by atoms with Crippen molar-refractivity contribution in [1.29, 1.82) is 0 Å². The van der Waals surface area contributed by atoms with Gasteiger partial charge in [0.2, 0.25) is 0 Å². The highest BCUT2D eigenvalue weighted by Gasteiger charge is 2.26. The standard InChI is InChI=1S/C16H17FN2OS2/c1-3-8-21-16-18-13-9-10(2)22-14(13)15(20)19(16)12-6-4-11(17)5-7-12/h4-7,10H,3,8-9H2,1-2H3/t10-/m0/s1. The van der Waals surface area contributed by atoms with Crippen molar-refractivity contribution >= 4 is 23.5 Å². The van der Waals surface area contributed by atoms with Crippen LogP contribution in [0.2, 0.25) is 0 Å². The second-order valence-corrected chi connectivity index (χ2v) is 7.78. The number of nitrogens with zero attached hydrogens (tertiary/aromatic N) is 2. The molecule has 1 aromatic carbocycles. The molecule has 0 saturated carbocycles. The molecular weight excluding hydrogens is 319 g/mol. The van der Waals surface area contributed by atoms with E-state index in [4.69, 9.17) is 4.98 Å². The van der Waals surface area contributed by atoms with E-state index < -0.39 is 0 Å². The van der Waals surface area contributed by atoms with E-state index in [2.05, 4.69) is 13.8 Å². The summed E-state index contributed by atoms with van der Waals surface area (Å²) in [5.41, 5.74) is 1.53. The van der Waals surface area contributed by atoms with Gasteiger partial charge in [-0.3, -0.25) is 9.36 Å². The van der Waals surface area contributed by atoms with E-state index in [1.54, 1.807) is 40.2 Å². The Bertz CT molecular complexity index is 743. The van der Waals surface area contributed by atoms with Crippen molar-refractivity contribution in [2.75, 3.05) is 5.75 Å². The molecule has 0 N–H and O–H groups in total. The first-order valence-corrected chi connectivity index (χ1v) is 9.18. The fourth-order valence-corrected chi connectivity index (χ4v) is 4.39. The third-order valence-electron chi connectivity index (χ3n) is 3.40. The van der Waals surface area contributed by atoms with Gasteiger partial charge in [-0.25, -0.2) is 9.37 Å². The Morgan fingerprint density at radius 3 is 2.82 bits per heavy atom. The minimum Gasteiger partial charge on any atom is -0.268 e. The molecule has 1 aliphatic heterocycles. The van der Waals surface area contributed by atoms with Gasteiger partial charge in [0.1, 0.15) is 5.82 Å². The molecule has 0 unspecified atom stereocenters. The first kappa shape index (κ1) is 15.6. The Labute approximate surface area is 137 Å². The summed E-state index contributed by atoms with van der Waals surface area (Å²) in [6.07, 6.45) is 1.84. The highest BCUT2D eigenvalue weighted by molar-refractivity contribution is 8.00. The van der Waals surface area contributed by atoms with Crippen LogP contribution in [0.25, 0.3) is 5.69 Å². The summed E-state index contributed by atoms with van der Waals surface area (Å²) in [7, 11) is 0. The lowest BCUT2D eigenvalue weighted by Gasteiger charge is -2.13. The van der Waals surface area contributed by atoms with Gasteiger partial charge in [0.15, 0.2) is 5.16 Å².